The number of carbonyl (C=O) groups excluding carboxylic acids is 1. The number of amides is 1. The summed E-state index contributed by atoms with van der Waals surface area (Å²) in [4.78, 5) is 14.5. The lowest BCUT2D eigenvalue weighted by molar-refractivity contribution is -0.128. The minimum absolute atomic E-state index is 0.0212. The molecule has 0 saturated carbocycles. The summed E-state index contributed by atoms with van der Waals surface area (Å²) >= 11 is 0. The van der Waals surface area contributed by atoms with Crippen LogP contribution in [0.1, 0.15) is 44.1 Å². The molecule has 1 aromatic carbocycles. The average molecular weight is 402 g/mol. The molecule has 3 rings (SSSR count). The molecular formula is C22H27NO4S. The Bertz CT molecular complexity index is 935. The van der Waals surface area contributed by atoms with Gasteiger partial charge in [0.25, 0.3) is 0 Å². The predicted molar refractivity (Wildman–Crippen MR) is 110 cm³/mol. The van der Waals surface area contributed by atoms with E-state index in [0.717, 1.165) is 5.56 Å². The minimum Gasteiger partial charge on any atom is -0.465 e. The maximum atomic E-state index is 12.9. The first kappa shape index (κ1) is 20.4. The van der Waals surface area contributed by atoms with Gasteiger partial charge in [0.2, 0.25) is 5.91 Å². The summed E-state index contributed by atoms with van der Waals surface area (Å²) in [7, 11) is -3.09. The van der Waals surface area contributed by atoms with Crippen LogP contribution in [0, 0.1) is 0 Å². The Hall–Kier alpha value is -2.34. The van der Waals surface area contributed by atoms with Crippen LogP contribution < -0.4 is 0 Å². The third-order valence-corrected chi connectivity index (χ3v) is 6.79. The van der Waals surface area contributed by atoms with Crippen LogP contribution in [-0.2, 0) is 26.6 Å². The minimum atomic E-state index is -3.09. The molecule has 0 radical (unpaired) electrons. The van der Waals surface area contributed by atoms with Crippen LogP contribution in [0.4, 0.5) is 0 Å². The summed E-state index contributed by atoms with van der Waals surface area (Å²) in [5.41, 5.74) is 2.26. The van der Waals surface area contributed by atoms with Gasteiger partial charge in [-0.25, -0.2) is 8.42 Å². The average Bonchev–Trinajstić information content (AvgIpc) is 3.26. The monoisotopic (exact) mass is 401 g/mol. The lowest BCUT2D eigenvalue weighted by atomic mass is 9.86. The van der Waals surface area contributed by atoms with Crippen LogP contribution in [0.15, 0.2) is 53.2 Å². The van der Waals surface area contributed by atoms with Crippen molar-refractivity contribution in [2.24, 2.45) is 0 Å². The highest BCUT2D eigenvalue weighted by Crippen LogP contribution is 2.24. The topological polar surface area (TPSA) is 67.6 Å². The van der Waals surface area contributed by atoms with Crippen molar-refractivity contribution in [1.29, 1.82) is 0 Å². The van der Waals surface area contributed by atoms with Crippen molar-refractivity contribution in [3.05, 3.63) is 65.6 Å². The molecule has 1 saturated heterocycles. The molecule has 5 nitrogen and oxygen atoms in total. The number of furan rings is 1. The molecule has 2 heterocycles. The van der Waals surface area contributed by atoms with Crippen LogP contribution in [0.3, 0.4) is 0 Å². The Morgan fingerprint density at radius 3 is 2.46 bits per heavy atom. The first-order chi connectivity index (χ1) is 13.1. The zero-order valence-electron chi connectivity index (χ0n) is 16.6. The van der Waals surface area contributed by atoms with Crippen LogP contribution >= 0.6 is 0 Å². The fourth-order valence-electron chi connectivity index (χ4n) is 3.35. The fourth-order valence-corrected chi connectivity index (χ4v) is 5.08. The Morgan fingerprint density at radius 2 is 1.93 bits per heavy atom. The van der Waals surface area contributed by atoms with Crippen LogP contribution in [0.25, 0.3) is 6.08 Å². The molecule has 1 atom stereocenters. The number of carbonyl (C=O) groups is 1. The third kappa shape index (κ3) is 5.13. The smallest absolute Gasteiger partial charge is 0.247 e. The van der Waals surface area contributed by atoms with E-state index in [1.165, 1.54) is 11.6 Å². The van der Waals surface area contributed by atoms with Crippen molar-refractivity contribution in [1.82, 2.24) is 4.90 Å². The van der Waals surface area contributed by atoms with E-state index in [4.69, 9.17) is 4.42 Å². The molecule has 0 N–H and O–H groups in total. The molecule has 28 heavy (non-hydrogen) atoms. The van der Waals surface area contributed by atoms with E-state index in [-0.39, 0.29) is 28.9 Å². The van der Waals surface area contributed by atoms with Gasteiger partial charge in [-0.15, -0.1) is 0 Å². The second kappa shape index (κ2) is 7.95. The number of rotatable bonds is 5. The van der Waals surface area contributed by atoms with E-state index in [1.807, 2.05) is 12.1 Å². The van der Waals surface area contributed by atoms with Gasteiger partial charge < -0.3 is 9.32 Å². The zero-order valence-corrected chi connectivity index (χ0v) is 17.4. The summed E-state index contributed by atoms with van der Waals surface area (Å²) < 4.78 is 29.1. The largest absolute Gasteiger partial charge is 0.465 e. The Kier molecular flexibility index (Phi) is 5.79. The number of nitrogens with zero attached hydrogens (tertiary/aromatic N) is 1. The first-order valence-corrected chi connectivity index (χ1v) is 11.3. The molecule has 1 amide bonds. The molecule has 0 spiro atoms. The number of sulfone groups is 1. The molecule has 1 unspecified atom stereocenters. The van der Waals surface area contributed by atoms with Gasteiger partial charge in [0.1, 0.15) is 5.76 Å². The molecule has 2 aromatic rings. The van der Waals surface area contributed by atoms with Gasteiger partial charge in [0.05, 0.1) is 17.8 Å². The van der Waals surface area contributed by atoms with E-state index in [1.54, 1.807) is 29.4 Å². The Labute approximate surface area is 167 Å². The molecule has 1 aromatic heterocycles. The Balaban J connectivity index is 1.81. The van der Waals surface area contributed by atoms with Crippen molar-refractivity contribution in [3.63, 3.8) is 0 Å². The molecule has 150 valence electrons. The Morgan fingerprint density at radius 1 is 1.21 bits per heavy atom. The zero-order chi connectivity index (χ0) is 20.4. The second-order valence-electron chi connectivity index (χ2n) is 8.32. The van der Waals surface area contributed by atoms with Gasteiger partial charge in [-0.1, -0.05) is 45.0 Å². The predicted octanol–water partition coefficient (Wildman–Crippen LogP) is 3.81. The van der Waals surface area contributed by atoms with Crippen molar-refractivity contribution >= 4 is 21.8 Å². The standard InChI is InChI=1S/C22H27NO4S/c1-22(2,3)18-8-6-17(7-9-18)15-23(19-12-14-28(25,26)16-19)21(24)11-10-20-5-4-13-27-20/h4-11,13,19H,12,14-16H2,1-3H3. The highest BCUT2D eigenvalue weighted by molar-refractivity contribution is 7.91. The van der Waals surface area contributed by atoms with Gasteiger partial charge in [0.15, 0.2) is 9.84 Å². The lowest BCUT2D eigenvalue weighted by Gasteiger charge is -2.28. The summed E-state index contributed by atoms with van der Waals surface area (Å²) in [5, 5.41) is 0. The normalized spacial score (nSPS) is 19.2. The quantitative estimate of drug-likeness (QED) is 0.715. The summed E-state index contributed by atoms with van der Waals surface area (Å²) in [6, 6.07) is 11.4. The van der Waals surface area contributed by atoms with Crippen molar-refractivity contribution < 1.29 is 17.6 Å². The number of hydrogen-bond acceptors (Lipinski definition) is 4. The maximum Gasteiger partial charge on any atom is 0.247 e. The lowest BCUT2D eigenvalue weighted by Crippen LogP contribution is -2.39. The summed E-state index contributed by atoms with van der Waals surface area (Å²) in [6.45, 7) is 6.84. The molecular weight excluding hydrogens is 374 g/mol. The van der Waals surface area contributed by atoms with Gasteiger partial charge in [-0.05, 0) is 41.2 Å². The van der Waals surface area contributed by atoms with E-state index < -0.39 is 9.84 Å². The van der Waals surface area contributed by atoms with E-state index >= 15 is 0 Å². The molecule has 1 fully saturated rings. The van der Waals surface area contributed by atoms with E-state index in [2.05, 4.69) is 32.9 Å². The third-order valence-electron chi connectivity index (χ3n) is 5.04. The second-order valence-corrected chi connectivity index (χ2v) is 10.5. The summed E-state index contributed by atoms with van der Waals surface area (Å²) in [5.74, 6) is 0.528. The molecule has 0 aliphatic carbocycles. The van der Waals surface area contributed by atoms with Crippen molar-refractivity contribution in [3.8, 4) is 0 Å². The molecule has 6 heteroatoms. The van der Waals surface area contributed by atoms with Crippen LogP contribution in [-0.4, -0.2) is 36.8 Å². The van der Waals surface area contributed by atoms with Gasteiger partial charge in [0, 0.05) is 18.7 Å². The highest BCUT2D eigenvalue weighted by Gasteiger charge is 2.34. The van der Waals surface area contributed by atoms with Crippen LogP contribution in [0.5, 0.6) is 0 Å². The first-order valence-electron chi connectivity index (χ1n) is 9.46. The van der Waals surface area contributed by atoms with Gasteiger partial charge in [-0.3, -0.25) is 4.79 Å². The number of benzene rings is 1. The van der Waals surface area contributed by atoms with E-state index in [9.17, 15) is 13.2 Å². The van der Waals surface area contributed by atoms with Crippen LogP contribution in [0.2, 0.25) is 0 Å². The van der Waals surface area contributed by atoms with Gasteiger partial charge in [-0.2, -0.15) is 0 Å². The maximum absolute atomic E-state index is 12.9. The number of hydrogen-bond donors (Lipinski definition) is 0. The van der Waals surface area contributed by atoms with Gasteiger partial charge >= 0.3 is 0 Å². The van der Waals surface area contributed by atoms with Crippen molar-refractivity contribution in [2.45, 2.75) is 45.2 Å². The van der Waals surface area contributed by atoms with Crippen molar-refractivity contribution in [2.75, 3.05) is 11.5 Å². The summed E-state index contributed by atoms with van der Waals surface area (Å²) in [6.07, 6.45) is 5.08. The molecule has 1 aliphatic rings. The van der Waals surface area contributed by atoms with E-state index in [0.29, 0.717) is 18.7 Å². The molecule has 1 aliphatic heterocycles. The fraction of sp³-hybridized carbons (Fsp3) is 0.409. The highest BCUT2D eigenvalue weighted by atomic mass is 32.2. The SMILES string of the molecule is CC(C)(C)c1ccc(CN(C(=O)C=Cc2ccco2)C2CCS(=O)(=O)C2)cc1. The molecule has 0 bridgehead atoms.